The highest BCUT2D eigenvalue weighted by molar-refractivity contribution is 7.90. The number of hydrogen-bond donors (Lipinski definition) is 3. The Labute approximate surface area is 93.2 Å². The van der Waals surface area contributed by atoms with Crippen LogP contribution in [0.1, 0.15) is 6.92 Å². The monoisotopic (exact) mass is 240 g/mol. The maximum Gasteiger partial charge on any atom is 0.300 e. The van der Waals surface area contributed by atoms with Gasteiger partial charge in [0.25, 0.3) is 10.2 Å². The average Bonchev–Trinajstić information content (AvgIpc) is 2.61. The first-order valence-electron chi connectivity index (χ1n) is 4.83. The Balaban J connectivity index is 2.35. The van der Waals surface area contributed by atoms with Gasteiger partial charge in [-0.25, -0.2) is 0 Å². The third-order valence-corrected chi connectivity index (χ3v) is 3.17. The third kappa shape index (κ3) is 2.15. The molecule has 0 bridgehead atoms. The number of aromatic nitrogens is 2. The van der Waals surface area contributed by atoms with Crippen molar-refractivity contribution >= 4 is 26.9 Å². The molecule has 0 radical (unpaired) electrons. The van der Waals surface area contributed by atoms with E-state index in [-0.39, 0.29) is 0 Å². The predicted octanol–water partition coefficient (Wildman–Crippen LogP) is 0.829. The smallest absolute Gasteiger partial charge is 0.276 e. The van der Waals surface area contributed by atoms with Crippen molar-refractivity contribution in [3.8, 4) is 0 Å². The first kappa shape index (κ1) is 10.9. The van der Waals surface area contributed by atoms with Crippen LogP contribution in [0.15, 0.2) is 24.3 Å². The van der Waals surface area contributed by atoms with Gasteiger partial charge in [0.15, 0.2) is 5.82 Å². The number of H-pyrrole nitrogens is 1. The molecular weight excluding hydrogens is 228 g/mol. The third-order valence-electron chi connectivity index (χ3n) is 2.04. The second-order valence-electron chi connectivity index (χ2n) is 3.22. The zero-order valence-electron chi connectivity index (χ0n) is 8.69. The molecule has 0 aliphatic carbocycles. The lowest BCUT2D eigenvalue weighted by Gasteiger charge is -2.04. The number of anilines is 1. The van der Waals surface area contributed by atoms with E-state index in [1.807, 2.05) is 18.2 Å². The van der Waals surface area contributed by atoms with Crippen LogP contribution < -0.4 is 9.44 Å². The lowest BCUT2D eigenvalue weighted by molar-refractivity contribution is 0.589. The number of nitrogens with zero attached hydrogens (tertiary/aromatic N) is 1. The van der Waals surface area contributed by atoms with Gasteiger partial charge in [0.2, 0.25) is 0 Å². The van der Waals surface area contributed by atoms with Gasteiger partial charge in [0, 0.05) is 11.9 Å². The molecule has 1 aromatic carbocycles. The summed E-state index contributed by atoms with van der Waals surface area (Å²) in [7, 11) is -3.53. The summed E-state index contributed by atoms with van der Waals surface area (Å²) < 4.78 is 27.6. The molecule has 3 N–H and O–H groups in total. The number of hydrogen-bond acceptors (Lipinski definition) is 3. The van der Waals surface area contributed by atoms with E-state index in [1.165, 1.54) is 0 Å². The van der Waals surface area contributed by atoms with Gasteiger partial charge in [-0.2, -0.15) is 18.2 Å². The molecule has 2 rings (SSSR count). The highest BCUT2D eigenvalue weighted by Crippen LogP contribution is 2.19. The van der Waals surface area contributed by atoms with E-state index in [9.17, 15) is 8.42 Å². The van der Waals surface area contributed by atoms with Crippen molar-refractivity contribution in [2.45, 2.75) is 6.92 Å². The summed E-state index contributed by atoms with van der Waals surface area (Å²) in [4.78, 5) is 0. The van der Waals surface area contributed by atoms with Crippen LogP contribution >= 0.6 is 0 Å². The van der Waals surface area contributed by atoms with Crippen LogP contribution in [0.5, 0.6) is 0 Å². The van der Waals surface area contributed by atoms with Gasteiger partial charge in [0.1, 0.15) is 0 Å². The van der Waals surface area contributed by atoms with Crippen molar-refractivity contribution in [3.63, 3.8) is 0 Å². The van der Waals surface area contributed by atoms with E-state index in [4.69, 9.17) is 0 Å². The van der Waals surface area contributed by atoms with Crippen molar-refractivity contribution < 1.29 is 8.42 Å². The van der Waals surface area contributed by atoms with Crippen molar-refractivity contribution in [1.82, 2.24) is 14.9 Å². The maximum atomic E-state index is 11.5. The Morgan fingerprint density at radius 1 is 1.38 bits per heavy atom. The first-order valence-corrected chi connectivity index (χ1v) is 6.31. The molecule has 7 heteroatoms. The quantitative estimate of drug-likeness (QED) is 0.739. The molecule has 0 atom stereocenters. The summed E-state index contributed by atoms with van der Waals surface area (Å²) in [5, 5.41) is 7.40. The van der Waals surface area contributed by atoms with Gasteiger partial charge in [0.05, 0.1) is 5.52 Å². The van der Waals surface area contributed by atoms with Crippen molar-refractivity contribution in [3.05, 3.63) is 24.3 Å². The number of aromatic amines is 1. The van der Waals surface area contributed by atoms with E-state index < -0.39 is 10.2 Å². The van der Waals surface area contributed by atoms with Gasteiger partial charge in [-0.1, -0.05) is 19.1 Å². The molecule has 6 nitrogen and oxygen atoms in total. The fourth-order valence-corrected chi connectivity index (χ4v) is 2.26. The molecular formula is C9H12N4O2S. The van der Waals surface area contributed by atoms with Crippen molar-refractivity contribution in [1.29, 1.82) is 0 Å². The van der Waals surface area contributed by atoms with Gasteiger partial charge in [-0.3, -0.25) is 9.82 Å². The number of para-hydroxylation sites is 1. The van der Waals surface area contributed by atoms with Gasteiger partial charge in [-0.15, -0.1) is 0 Å². The van der Waals surface area contributed by atoms with E-state index in [1.54, 1.807) is 13.0 Å². The summed E-state index contributed by atoms with van der Waals surface area (Å²) in [6.07, 6.45) is 0. The summed E-state index contributed by atoms with van der Waals surface area (Å²) in [6, 6.07) is 7.29. The Bertz CT molecular complexity index is 590. The number of rotatable bonds is 4. The lowest BCUT2D eigenvalue weighted by atomic mass is 10.2. The highest BCUT2D eigenvalue weighted by Gasteiger charge is 2.12. The van der Waals surface area contributed by atoms with E-state index in [0.717, 1.165) is 10.9 Å². The zero-order valence-corrected chi connectivity index (χ0v) is 9.50. The Kier molecular flexibility index (Phi) is 2.80. The molecule has 0 amide bonds. The molecule has 0 spiro atoms. The second-order valence-corrected chi connectivity index (χ2v) is 4.72. The van der Waals surface area contributed by atoms with Crippen molar-refractivity contribution in [2.75, 3.05) is 11.3 Å². The molecule has 0 unspecified atom stereocenters. The molecule has 0 saturated carbocycles. The molecule has 86 valence electrons. The lowest BCUT2D eigenvalue weighted by Crippen LogP contribution is -2.29. The van der Waals surface area contributed by atoms with E-state index >= 15 is 0 Å². The van der Waals surface area contributed by atoms with E-state index in [0.29, 0.717) is 12.4 Å². The molecule has 1 aromatic heterocycles. The normalized spacial score (nSPS) is 11.8. The van der Waals surface area contributed by atoms with Crippen LogP contribution in [-0.4, -0.2) is 25.2 Å². The van der Waals surface area contributed by atoms with Crippen molar-refractivity contribution in [2.24, 2.45) is 0 Å². The molecule has 0 fully saturated rings. The molecule has 1 heterocycles. The van der Waals surface area contributed by atoms with Gasteiger partial charge >= 0.3 is 0 Å². The van der Waals surface area contributed by atoms with Gasteiger partial charge < -0.3 is 0 Å². The fraction of sp³-hybridized carbons (Fsp3) is 0.222. The summed E-state index contributed by atoms with van der Waals surface area (Å²) >= 11 is 0. The van der Waals surface area contributed by atoms with Crippen LogP contribution in [0.25, 0.3) is 10.9 Å². The van der Waals surface area contributed by atoms with Crippen LogP contribution in [-0.2, 0) is 10.2 Å². The molecule has 2 aromatic rings. The largest absolute Gasteiger partial charge is 0.300 e. The maximum absolute atomic E-state index is 11.5. The number of benzene rings is 1. The summed E-state index contributed by atoms with van der Waals surface area (Å²) in [5.41, 5.74) is 0.789. The van der Waals surface area contributed by atoms with Crippen LogP contribution in [0.3, 0.4) is 0 Å². The predicted molar refractivity (Wildman–Crippen MR) is 62.3 cm³/mol. The topological polar surface area (TPSA) is 86.9 Å². The summed E-state index contributed by atoms with van der Waals surface area (Å²) in [5.74, 6) is 0.302. The second kappa shape index (κ2) is 4.11. The minimum Gasteiger partial charge on any atom is -0.276 e. The number of nitrogens with one attached hydrogen (secondary N) is 3. The first-order chi connectivity index (χ1) is 7.62. The van der Waals surface area contributed by atoms with Crippen LogP contribution in [0.4, 0.5) is 5.82 Å². The Morgan fingerprint density at radius 3 is 2.88 bits per heavy atom. The van der Waals surface area contributed by atoms with E-state index in [2.05, 4.69) is 19.6 Å². The molecule has 16 heavy (non-hydrogen) atoms. The van der Waals surface area contributed by atoms with Gasteiger partial charge in [-0.05, 0) is 12.1 Å². The number of fused-ring (bicyclic) bond motifs is 1. The minimum absolute atomic E-state index is 0.302. The minimum atomic E-state index is -3.53. The van der Waals surface area contributed by atoms with Crippen LogP contribution in [0.2, 0.25) is 0 Å². The Morgan fingerprint density at radius 2 is 2.12 bits per heavy atom. The zero-order chi connectivity index (χ0) is 11.6. The Hall–Kier alpha value is -1.60. The SMILES string of the molecule is CCNS(=O)(=O)Nc1n[nH]c2ccccc12. The summed E-state index contributed by atoms with van der Waals surface area (Å²) in [6.45, 7) is 2.04. The molecule has 0 aliphatic heterocycles. The molecule has 0 aliphatic rings. The standard InChI is InChI=1S/C9H12N4O2S/c1-2-10-16(14,15)13-9-7-5-3-4-6-8(7)11-12-9/h3-6,10H,2H2,1H3,(H2,11,12,13). The highest BCUT2D eigenvalue weighted by atomic mass is 32.2. The average molecular weight is 240 g/mol. The fourth-order valence-electron chi connectivity index (χ4n) is 1.39. The van der Waals surface area contributed by atoms with Crippen LogP contribution in [0, 0.1) is 0 Å². The molecule has 0 saturated heterocycles.